The first-order chi connectivity index (χ1) is 8.20. The van der Waals surface area contributed by atoms with E-state index in [2.05, 4.69) is 9.84 Å². The maximum Gasteiger partial charge on any atom is 0.337 e. The summed E-state index contributed by atoms with van der Waals surface area (Å²) >= 11 is 0. The number of ether oxygens (including phenoxy) is 1. The van der Waals surface area contributed by atoms with Gasteiger partial charge < -0.3 is 4.74 Å². The number of halogens is 1. The summed E-state index contributed by atoms with van der Waals surface area (Å²) in [5, 5.41) is 3.98. The van der Waals surface area contributed by atoms with Crippen LogP contribution in [-0.4, -0.2) is 22.9 Å². The Kier molecular flexibility index (Phi) is 3.18. The topological polar surface area (TPSA) is 44.1 Å². The van der Waals surface area contributed by atoms with Crippen molar-refractivity contribution in [1.29, 1.82) is 0 Å². The number of carbonyl (C=O) groups is 1. The Morgan fingerprint density at radius 3 is 3.00 bits per heavy atom. The number of nitrogens with zero attached hydrogens (tertiary/aromatic N) is 2. The lowest BCUT2D eigenvalue weighted by Crippen LogP contribution is -2.06. The molecule has 0 fully saturated rings. The third kappa shape index (κ3) is 2.50. The highest BCUT2D eigenvalue weighted by atomic mass is 19.1. The molecule has 0 radical (unpaired) electrons. The third-order valence-electron chi connectivity index (χ3n) is 2.36. The zero-order chi connectivity index (χ0) is 12.3. The maximum atomic E-state index is 13.5. The number of benzene rings is 1. The number of hydrogen-bond acceptors (Lipinski definition) is 3. The molecule has 0 aliphatic rings. The summed E-state index contributed by atoms with van der Waals surface area (Å²) in [4.78, 5) is 11.3. The normalized spacial score (nSPS) is 10.2. The Labute approximate surface area is 97.6 Å². The van der Waals surface area contributed by atoms with Gasteiger partial charge >= 0.3 is 5.97 Å². The molecule has 0 bridgehead atoms. The first-order valence-corrected chi connectivity index (χ1v) is 5.05. The van der Waals surface area contributed by atoms with Gasteiger partial charge in [0.25, 0.3) is 0 Å². The summed E-state index contributed by atoms with van der Waals surface area (Å²) in [5.41, 5.74) is 0.729. The van der Waals surface area contributed by atoms with Gasteiger partial charge in [-0.2, -0.15) is 5.10 Å². The Bertz CT molecular complexity index is 523. The molecule has 0 atom stereocenters. The van der Waals surface area contributed by atoms with E-state index in [1.165, 1.54) is 25.3 Å². The van der Waals surface area contributed by atoms with E-state index in [0.717, 1.165) is 0 Å². The molecule has 0 amide bonds. The minimum Gasteiger partial charge on any atom is -0.465 e. The van der Waals surface area contributed by atoms with Gasteiger partial charge in [0.15, 0.2) is 0 Å². The number of esters is 1. The fraction of sp³-hybridized carbons (Fsp3) is 0.167. The molecule has 1 aromatic carbocycles. The first-order valence-electron chi connectivity index (χ1n) is 5.05. The molecule has 4 nitrogen and oxygen atoms in total. The van der Waals surface area contributed by atoms with Crippen molar-refractivity contribution in [1.82, 2.24) is 9.78 Å². The largest absolute Gasteiger partial charge is 0.465 e. The number of hydrogen-bond donors (Lipinski definition) is 0. The van der Waals surface area contributed by atoms with E-state index in [1.807, 2.05) is 0 Å². The molecule has 5 heteroatoms. The van der Waals surface area contributed by atoms with E-state index in [1.54, 1.807) is 23.1 Å². The standard InChI is InChI=1S/C12H11FN2O2/c1-17-12(16)9-3-4-11(13)10(7-9)8-15-6-2-5-14-15/h2-7H,8H2,1H3. The summed E-state index contributed by atoms with van der Waals surface area (Å²) in [6.07, 6.45) is 3.34. The molecule has 1 heterocycles. The van der Waals surface area contributed by atoms with E-state index in [-0.39, 0.29) is 12.4 Å². The quantitative estimate of drug-likeness (QED) is 0.761. The van der Waals surface area contributed by atoms with Crippen molar-refractivity contribution in [3.05, 3.63) is 53.6 Å². The van der Waals surface area contributed by atoms with Crippen LogP contribution in [0.1, 0.15) is 15.9 Å². The summed E-state index contributed by atoms with van der Waals surface area (Å²) < 4.78 is 19.7. The summed E-state index contributed by atoms with van der Waals surface area (Å²) in [5.74, 6) is -0.847. The number of rotatable bonds is 3. The fourth-order valence-electron chi connectivity index (χ4n) is 1.51. The van der Waals surface area contributed by atoms with Crippen LogP contribution in [0.4, 0.5) is 4.39 Å². The molecule has 0 spiro atoms. The molecule has 0 saturated carbocycles. The molecule has 0 N–H and O–H groups in total. The molecule has 0 aliphatic carbocycles. The molecule has 0 saturated heterocycles. The number of carbonyl (C=O) groups excluding carboxylic acids is 1. The van der Waals surface area contributed by atoms with Crippen LogP contribution >= 0.6 is 0 Å². The van der Waals surface area contributed by atoms with Crippen molar-refractivity contribution in [2.75, 3.05) is 7.11 Å². The molecule has 17 heavy (non-hydrogen) atoms. The van der Waals surface area contributed by atoms with E-state index in [4.69, 9.17) is 0 Å². The summed E-state index contributed by atoms with van der Waals surface area (Å²) in [6, 6.07) is 5.88. The lowest BCUT2D eigenvalue weighted by molar-refractivity contribution is 0.0600. The predicted octanol–water partition coefficient (Wildman–Crippen LogP) is 1.86. The van der Waals surface area contributed by atoms with Crippen LogP contribution in [0.15, 0.2) is 36.7 Å². The SMILES string of the molecule is COC(=O)c1ccc(F)c(Cn2cccn2)c1. The summed E-state index contributed by atoms with van der Waals surface area (Å²) in [7, 11) is 1.29. The highest BCUT2D eigenvalue weighted by Crippen LogP contribution is 2.12. The van der Waals surface area contributed by atoms with Gasteiger partial charge in [-0.1, -0.05) is 0 Å². The lowest BCUT2D eigenvalue weighted by Gasteiger charge is -2.06. The predicted molar refractivity (Wildman–Crippen MR) is 59.1 cm³/mol. The van der Waals surface area contributed by atoms with Gasteiger partial charge in [0.05, 0.1) is 19.2 Å². The van der Waals surface area contributed by atoms with Crippen LogP contribution in [0, 0.1) is 5.82 Å². The Balaban J connectivity index is 2.29. The van der Waals surface area contributed by atoms with Gasteiger partial charge in [0.2, 0.25) is 0 Å². The maximum absolute atomic E-state index is 13.5. The van der Waals surface area contributed by atoms with E-state index in [0.29, 0.717) is 11.1 Å². The fourth-order valence-corrected chi connectivity index (χ4v) is 1.51. The highest BCUT2D eigenvalue weighted by Gasteiger charge is 2.10. The average Bonchev–Trinajstić information content (AvgIpc) is 2.84. The third-order valence-corrected chi connectivity index (χ3v) is 2.36. The van der Waals surface area contributed by atoms with Gasteiger partial charge in [0.1, 0.15) is 5.82 Å². The van der Waals surface area contributed by atoms with Crippen LogP contribution < -0.4 is 0 Å². The minimum atomic E-state index is -0.480. The molecular weight excluding hydrogens is 223 g/mol. The van der Waals surface area contributed by atoms with Gasteiger partial charge in [-0.25, -0.2) is 9.18 Å². The van der Waals surface area contributed by atoms with Crippen LogP contribution in [-0.2, 0) is 11.3 Å². The van der Waals surface area contributed by atoms with Gasteiger partial charge in [0, 0.05) is 18.0 Å². The van der Waals surface area contributed by atoms with Crippen LogP contribution in [0.5, 0.6) is 0 Å². The molecule has 1 aromatic heterocycles. The second-order valence-corrected chi connectivity index (χ2v) is 3.50. The highest BCUT2D eigenvalue weighted by molar-refractivity contribution is 5.89. The summed E-state index contributed by atoms with van der Waals surface area (Å²) in [6.45, 7) is 0.281. The van der Waals surface area contributed by atoms with Crippen molar-refractivity contribution in [2.45, 2.75) is 6.54 Å². The van der Waals surface area contributed by atoms with Gasteiger partial charge in [-0.15, -0.1) is 0 Å². The van der Waals surface area contributed by atoms with Crippen molar-refractivity contribution in [3.8, 4) is 0 Å². The number of methoxy groups -OCH3 is 1. The molecule has 2 aromatic rings. The Morgan fingerprint density at radius 1 is 1.53 bits per heavy atom. The lowest BCUT2D eigenvalue weighted by atomic mass is 10.1. The Hall–Kier alpha value is -2.17. The van der Waals surface area contributed by atoms with Crippen molar-refractivity contribution in [3.63, 3.8) is 0 Å². The monoisotopic (exact) mass is 234 g/mol. The van der Waals surface area contributed by atoms with E-state index in [9.17, 15) is 9.18 Å². The minimum absolute atomic E-state index is 0.281. The second-order valence-electron chi connectivity index (χ2n) is 3.50. The van der Waals surface area contributed by atoms with Crippen LogP contribution in [0.3, 0.4) is 0 Å². The second kappa shape index (κ2) is 4.78. The molecule has 2 rings (SSSR count). The van der Waals surface area contributed by atoms with Crippen molar-refractivity contribution < 1.29 is 13.9 Å². The van der Waals surface area contributed by atoms with Crippen molar-refractivity contribution in [2.24, 2.45) is 0 Å². The van der Waals surface area contributed by atoms with Gasteiger partial charge in [-0.3, -0.25) is 4.68 Å². The van der Waals surface area contributed by atoms with Gasteiger partial charge in [-0.05, 0) is 24.3 Å². The smallest absolute Gasteiger partial charge is 0.337 e. The van der Waals surface area contributed by atoms with Crippen LogP contribution in [0.2, 0.25) is 0 Å². The first kappa shape index (κ1) is 11.3. The van der Waals surface area contributed by atoms with Crippen LogP contribution in [0.25, 0.3) is 0 Å². The average molecular weight is 234 g/mol. The number of aromatic nitrogens is 2. The molecule has 0 aliphatic heterocycles. The van der Waals surface area contributed by atoms with Crippen molar-refractivity contribution >= 4 is 5.97 Å². The molecule has 0 unspecified atom stereocenters. The van der Waals surface area contributed by atoms with E-state index >= 15 is 0 Å². The Morgan fingerprint density at radius 2 is 2.35 bits per heavy atom. The van der Waals surface area contributed by atoms with E-state index < -0.39 is 5.97 Å². The zero-order valence-electron chi connectivity index (χ0n) is 9.26. The molecule has 88 valence electrons. The zero-order valence-corrected chi connectivity index (χ0v) is 9.26. The molecular formula is C12H11FN2O2.